The van der Waals surface area contributed by atoms with Crippen LogP contribution < -0.4 is 10.5 Å². The van der Waals surface area contributed by atoms with Crippen molar-refractivity contribution in [2.24, 2.45) is 5.92 Å². The van der Waals surface area contributed by atoms with Crippen molar-refractivity contribution in [3.63, 3.8) is 0 Å². The number of hydrogen-bond acceptors (Lipinski definition) is 4. The molecule has 28 heavy (non-hydrogen) atoms. The van der Waals surface area contributed by atoms with E-state index < -0.39 is 6.10 Å². The molecule has 2 aliphatic rings. The zero-order valence-electron chi connectivity index (χ0n) is 18.5. The summed E-state index contributed by atoms with van der Waals surface area (Å²) in [5.41, 5.74) is 11.1. The second-order valence-electron chi connectivity index (χ2n) is 8.93. The topological polar surface area (TPSA) is 58.8 Å². The normalized spacial score (nSPS) is 19.5. The average molecular weight is 388 g/mol. The number of benzene rings is 1. The van der Waals surface area contributed by atoms with Crippen LogP contribution in [0.2, 0.25) is 0 Å². The summed E-state index contributed by atoms with van der Waals surface area (Å²) in [6.07, 6.45) is 4.40. The molecule has 1 amide bonds. The molecule has 1 heterocycles. The number of nitrogens with zero attached hydrogens (tertiary/aromatic N) is 2. The molecule has 5 heteroatoms. The van der Waals surface area contributed by atoms with E-state index in [1.54, 1.807) is 0 Å². The molecule has 2 N–H and O–H groups in total. The number of carbonyl (C=O) groups is 1. The van der Waals surface area contributed by atoms with Crippen LogP contribution in [0.15, 0.2) is 0 Å². The van der Waals surface area contributed by atoms with Gasteiger partial charge in [0.05, 0.1) is 0 Å². The molecule has 2 fully saturated rings. The van der Waals surface area contributed by atoms with Crippen molar-refractivity contribution in [2.45, 2.75) is 72.4 Å². The molecular weight excluding hydrogens is 350 g/mol. The second-order valence-corrected chi connectivity index (χ2v) is 8.93. The lowest BCUT2D eigenvalue weighted by atomic mass is 9.97. The van der Waals surface area contributed by atoms with Gasteiger partial charge in [0.2, 0.25) is 0 Å². The van der Waals surface area contributed by atoms with Crippen molar-refractivity contribution >= 4 is 11.6 Å². The fourth-order valence-electron chi connectivity index (χ4n) is 4.33. The molecule has 0 aromatic heterocycles. The Labute approximate surface area is 170 Å². The van der Waals surface area contributed by atoms with Gasteiger partial charge in [0.25, 0.3) is 5.91 Å². The standard InChI is InChI=1S/C23H37N3O2/c1-14-16(3)22(17(4)15(2)21(14)24)28-18(5)23(27)25(6)20-9-11-26(12-10-20)13-19-7-8-19/h18-20H,7-13,24H2,1-6H3. The number of amides is 1. The van der Waals surface area contributed by atoms with Crippen LogP contribution in [0.1, 0.15) is 54.9 Å². The summed E-state index contributed by atoms with van der Waals surface area (Å²) in [4.78, 5) is 17.5. The summed E-state index contributed by atoms with van der Waals surface area (Å²) < 4.78 is 6.19. The van der Waals surface area contributed by atoms with Crippen molar-refractivity contribution in [1.82, 2.24) is 9.80 Å². The average Bonchev–Trinajstić information content (AvgIpc) is 3.51. The number of nitrogen functional groups attached to an aromatic ring is 1. The summed E-state index contributed by atoms with van der Waals surface area (Å²) in [6, 6.07) is 0.311. The van der Waals surface area contributed by atoms with Crippen LogP contribution in [-0.4, -0.2) is 54.5 Å². The van der Waals surface area contributed by atoms with Crippen molar-refractivity contribution in [1.29, 1.82) is 0 Å². The molecule has 3 rings (SSSR count). The molecule has 5 nitrogen and oxygen atoms in total. The number of carbonyl (C=O) groups excluding carboxylic acids is 1. The quantitative estimate of drug-likeness (QED) is 0.758. The predicted octanol–water partition coefficient (Wildman–Crippen LogP) is 3.60. The number of piperidine rings is 1. The van der Waals surface area contributed by atoms with Crippen LogP contribution in [0.3, 0.4) is 0 Å². The number of likely N-dealkylation sites (N-methyl/N-ethyl adjacent to an activating group) is 1. The monoisotopic (exact) mass is 387 g/mol. The number of hydrogen-bond donors (Lipinski definition) is 1. The lowest BCUT2D eigenvalue weighted by Crippen LogP contribution is -2.49. The molecule has 1 saturated carbocycles. The minimum atomic E-state index is -0.505. The van der Waals surface area contributed by atoms with E-state index in [-0.39, 0.29) is 5.91 Å². The lowest BCUT2D eigenvalue weighted by molar-refractivity contribution is -0.139. The Balaban J connectivity index is 1.61. The number of anilines is 1. The third-order valence-corrected chi connectivity index (χ3v) is 6.92. The van der Waals surface area contributed by atoms with Crippen LogP contribution in [0, 0.1) is 33.6 Å². The Hall–Kier alpha value is -1.75. The zero-order valence-corrected chi connectivity index (χ0v) is 18.5. The highest BCUT2D eigenvalue weighted by Gasteiger charge is 2.31. The van der Waals surface area contributed by atoms with Crippen LogP contribution in [-0.2, 0) is 4.79 Å². The van der Waals surface area contributed by atoms with E-state index in [0.29, 0.717) is 6.04 Å². The maximum atomic E-state index is 13.0. The third-order valence-electron chi connectivity index (χ3n) is 6.92. The van der Waals surface area contributed by atoms with Gasteiger partial charge in [0.1, 0.15) is 5.75 Å². The number of nitrogens with two attached hydrogens (primary N) is 1. The second kappa shape index (κ2) is 8.32. The Morgan fingerprint density at radius 2 is 1.61 bits per heavy atom. The lowest BCUT2D eigenvalue weighted by Gasteiger charge is -2.37. The van der Waals surface area contributed by atoms with E-state index in [0.717, 1.165) is 65.5 Å². The van der Waals surface area contributed by atoms with Crippen LogP contribution in [0.5, 0.6) is 5.75 Å². The first-order valence-electron chi connectivity index (χ1n) is 10.7. The molecule has 1 saturated heterocycles. The van der Waals surface area contributed by atoms with Gasteiger partial charge in [-0.05, 0) is 88.5 Å². The van der Waals surface area contributed by atoms with Crippen molar-refractivity contribution in [3.8, 4) is 5.75 Å². The summed E-state index contributed by atoms with van der Waals surface area (Å²) >= 11 is 0. The van der Waals surface area contributed by atoms with Gasteiger partial charge in [-0.15, -0.1) is 0 Å². The van der Waals surface area contributed by atoms with Gasteiger partial charge in [-0.2, -0.15) is 0 Å². The largest absolute Gasteiger partial charge is 0.480 e. The van der Waals surface area contributed by atoms with E-state index in [9.17, 15) is 4.79 Å². The van der Waals surface area contributed by atoms with Gasteiger partial charge >= 0.3 is 0 Å². The summed E-state index contributed by atoms with van der Waals surface area (Å²) in [6.45, 7) is 13.4. The van der Waals surface area contributed by atoms with Gasteiger partial charge in [-0.3, -0.25) is 4.79 Å². The summed E-state index contributed by atoms with van der Waals surface area (Å²) in [7, 11) is 1.93. The maximum absolute atomic E-state index is 13.0. The van der Waals surface area contributed by atoms with Crippen LogP contribution in [0.25, 0.3) is 0 Å². The van der Waals surface area contributed by atoms with Crippen LogP contribution in [0.4, 0.5) is 5.69 Å². The number of ether oxygens (including phenoxy) is 1. The SMILES string of the molecule is Cc1c(C)c(OC(C)C(=O)N(C)C2CCN(CC3CC3)CC2)c(C)c(C)c1N. The van der Waals surface area contributed by atoms with E-state index in [1.807, 2.05) is 46.6 Å². The maximum Gasteiger partial charge on any atom is 0.263 e. The Morgan fingerprint density at radius 3 is 2.11 bits per heavy atom. The molecule has 0 radical (unpaired) electrons. The Morgan fingerprint density at radius 1 is 1.07 bits per heavy atom. The van der Waals surface area contributed by atoms with Crippen molar-refractivity contribution in [2.75, 3.05) is 32.4 Å². The molecule has 1 unspecified atom stereocenters. The van der Waals surface area contributed by atoms with Gasteiger partial charge < -0.3 is 20.3 Å². The molecular formula is C23H37N3O2. The molecule has 1 atom stereocenters. The Kier molecular flexibility index (Phi) is 6.23. The molecule has 156 valence electrons. The molecule has 1 aliphatic carbocycles. The van der Waals surface area contributed by atoms with Crippen LogP contribution >= 0.6 is 0 Å². The number of rotatable bonds is 6. The van der Waals surface area contributed by atoms with E-state index in [4.69, 9.17) is 10.5 Å². The fraction of sp³-hybridized carbons (Fsp3) is 0.696. The first-order chi connectivity index (χ1) is 13.2. The first-order valence-corrected chi connectivity index (χ1v) is 10.7. The number of likely N-dealkylation sites (tertiary alicyclic amines) is 1. The molecule has 0 spiro atoms. The van der Waals surface area contributed by atoms with E-state index >= 15 is 0 Å². The highest BCUT2D eigenvalue weighted by atomic mass is 16.5. The zero-order chi connectivity index (χ0) is 20.6. The molecule has 1 aliphatic heterocycles. The molecule has 1 aromatic rings. The van der Waals surface area contributed by atoms with Gasteiger partial charge in [0, 0.05) is 38.4 Å². The van der Waals surface area contributed by atoms with E-state index in [2.05, 4.69) is 4.90 Å². The smallest absolute Gasteiger partial charge is 0.263 e. The van der Waals surface area contributed by atoms with Crippen molar-refractivity contribution < 1.29 is 9.53 Å². The predicted molar refractivity (Wildman–Crippen MR) is 115 cm³/mol. The summed E-state index contributed by atoms with van der Waals surface area (Å²) in [5, 5.41) is 0. The highest BCUT2D eigenvalue weighted by Crippen LogP contribution is 2.35. The first kappa shape index (κ1) is 21.0. The third kappa shape index (κ3) is 4.29. The molecule has 1 aromatic carbocycles. The fourth-order valence-corrected chi connectivity index (χ4v) is 4.33. The van der Waals surface area contributed by atoms with Gasteiger partial charge in [-0.1, -0.05) is 0 Å². The van der Waals surface area contributed by atoms with Gasteiger partial charge in [-0.25, -0.2) is 0 Å². The summed E-state index contributed by atoms with van der Waals surface area (Å²) in [5.74, 6) is 1.80. The van der Waals surface area contributed by atoms with E-state index in [1.165, 1.54) is 19.4 Å². The Bertz CT molecular complexity index is 705. The minimum Gasteiger partial charge on any atom is -0.480 e. The highest BCUT2D eigenvalue weighted by molar-refractivity contribution is 5.81. The molecule has 0 bridgehead atoms. The van der Waals surface area contributed by atoms with Gasteiger partial charge in [0.15, 0.2) is 6.10 Å². The minimum absolute atomic E-state index is 0.0616. The van der Waals surface area contributed by atoms with Crippen molar-refractivity contribution in [3.05, 3.63) is 22.3 Å².